The van der Waals surface area contributed by atoms with E-state index in [1.54, 1.807) is 24.3 Å². The molecule has 3 N–H and O–H groups in total. The number of rotatable bonds is 1. The van der Waals surface area contributed by atoms with Crippen molar-refractivity contribution in [3.05, 3.63) is 57.6 Å². The number of nitriles is 2. The molecule has 1 aliphatic heterocycles. The zero-order valence-electron chi connectivity index (χ0n) is 13.5. The first-order valence-electron chi connectivity index (χ1n) is 7.65. The van der Waals surface area contributed by atoms with Gasteiger partial charge in [0.25, 0.3) is 0 Å². The van der Waals surface area contributed by atoms with Crippen LogP contribution in [0, 0.1) is 22.7 Å². The Morgan fingerprint density at radius 2 is 1.48 bits per heavy atom. The van der Waals surface area contributed by atoms with Gasteiger partial charge in [0.2, 0.25) is 0 Å². The number of nitrogens with one attached hydrogen (secondary N) is 1. The molecule has 0 aromatic heterocycles. The van der Waals surface area contributed by atoms with Crippen molar-refractivity contribution in [2.24, 2.45) is 0 Å². The maximum Gasteiger partial charge on any atom is 0.101 e. The molecule has 0 unspecified atom stereocenters. The zero-order chi connectivity index (χ0) is 18.2. The van der Waals surface area contributed by atoms with Crippen LogP contribution in [0.5, 0.6) is 0 Å². The Morgan fingerprint density at radius 3 is 2.04 bits per heavy atom. The van der Waals surface area contributed by atoms with Gasteiger partial charge in [0.05, 0.1) is 21.2 Å². The Morgan fingerprint density at radius 1 is 0.920 bits per heavy atom. The molecule has 3 rings (SSSR count). The fraction of sp³-hybridized carbons (Fsp3) is 0.222. The summed E-state index contributed by atoms with van der Waals surface area (Å²) in [5, 5.41) is 21.6. The molecule has 1 aliphatic rings. The topological polar surface area (TPSA) is 88.9 Å². The average Bonchev–Trinajstić information content (AvgIpc) is 2.65. The molecule has 5 nitrogen and oxygen atoms in total. The number of hydrogen-bond acceptors (Lipinski definition) is 5. The SMILES string of the molecule is N#Cc1cc(N)ccc1Cl.N#Cc1cc(N2CCNCC2)ccc1Cl. The van der Waals surface area contributed by atoms with Gasteiger partial charge in [0.1, 0.15) is 12.1 Å². The van der Waals surface area contributed by atoms with Gasteiger partial charge in [-0.3, -0.25) is 0 Å². The Balaban J connectivity index is 0.000000196. The van der Waals surface area contributed by atoms with E-state index in [1.165, 1.54) is 0 Å². The molecule has 0 bridgehead atoms. The van der Waals surface area contributed by atoms with Crippen LogP contribution < -0.4 is 16.0 Å². The third kappa shape index (κ3) is 5.27. The van der Waals surface area contributed by atoms with E-state index in [4.69, 9.17) is 39.5 Å². The highest BCUT2D eigenvalue weighted by molar-refractivity contribution is 6.32. The van der Waals surface area contributed by atoms with Gasteiger partial charge in [-0.25, -0.2) is 0 Å². The van der Waals surface area contributed by atoms with E-state index >= 15 is 0 Å². The Bertz CT molecular complexity index is 817. The van der Waals surface area contributed by atoms with Crippen molar-refractivity contribution in [2.75, 3.05) is 36.8 Å². The van der Waals surface area contributed by atoms with Crippen LogP contribution in [-0.4, -0.2) is 26.2 Å². The second kappa shape index (κ2) is 9.15. The number of nitrogens with zero attached hydrogens (tertiary/aromatic N) is 3. The van der Waals surface area contributed by atoms with Gasteiger partial charge >= 0.3 is 0 Å². The molecular weight excluding hydrogens is 357 g/mol. The zero-order valence-corrected chi connectivity index (χ0v) is 15.0. The highest BCUT2D eigenvalue weighted by Gasteiger charge is 2.11. The van der Waals surface area contributed by atoms with Crippen molar-refractivity contribution < 1.29 is 0 Å². The maximum absolute atomic E-state index is 8.88. The molecule has 1 saturated heterocycles. The van der Waals surface area contributed by atoms with Crippen LogP contribution in [0.1, 0.15) is 11.1 Å². The Labute approximate surface area is 157 Å². The van der Waals surface area contributed by atoms with Gasteiger partial charge in [-0.2, -0.15) is 10.5 Å². The molecular formula is C18H17Cl2N5. The number of nitrogens with two attached hydrogens (primary N) is 1. The van der Waals surface area contributed by atoms with E-state index in [2.05, 4.69) is 16.3 Å². The van der Waals surface area contributed by atoms with E-state index in [0.29, 0.717) is 26.9 Å². The van der Waals surface area contributed by atoms with Crippen molar-refractivity contribution >= 4 is 34.6 Å². The summed E-state index contributed by atoms with van der Waals surface area (Å²) in [5.74, 6) is 0. The molecule has 25 heavy (non-hydrogen) atoms. The highest BCUT2D eigenvalue weighted by Crippen LogP contribution is 2.22. The fourth-order valence-corrected chi connectivity index (χ4v) is 2.67. The van der Waals surface area contributed by atoms with E-state index in [9.17, 15) is 0 Å². The number of halogens is 2. The number of anilines is 2. The summed E-state index contributed by atoms with van der Waals surface area (Å²) in [4.78, 5) is 2.26. The Kier molecular flexibility index (Phi) is 6.91. The van der Waals surface area contributed by atoms with Crippen LogP contribution >= 0.6 is 23.2 Å². The van der Waals surface area contributed by atoms with Crippen LogP contribution in [0.4, 0.5) is 11.4 Å². The van der Waals surface area contributed by atoms with Crippen LogP contribution in [0.15, 0.2) is 36.4 Å². The normalized spacial score (nSPS) is 13.2. The molecule has 2 aromatic carbocycles. The number of nitrogen functional groups attached to an aromatic ring is 1. The lowest BCUT2D eigenvalue weighted by molar-refractivity contribution is 0.589. The van der Waals surface area contributed by atoms with E-state index in [1.807, 2.05) is 18.2 Å². The molecule has 1 fully saturated rings. The lowest BCUT2D eigenvalue weighted by Gasteiger charge is -2.29. The lowest BCUT2D eigenvalue weighted by Crippen LogP contribution is -2.43. The second-order valence-electron chi connectivity index (χ2n) is 5.36. The molecule has 0 saturated carbocycles. The van der Waals surface area contributed by atoms with Crippen LogP contribution in [0.3, 0.4) is 0 Å². The summed E-state index contributed by atoms with van der Waals surface area (Å²) in [6.07, 6.45) is 0. The summed E-state index contributed by atoms with van der Waals surface area (Å²) >= 11 is 11.5. The average molecular weight is 374 g/mol. The number of piperazine rings is 1. The van der Waals surface area contributed by atoms with Crippen LogP contribution in [-0.2, 0) is 0 Å². The van der Waals surface area contributed by atoms with Gasteiger partial charge in [0, 0.05) is 37.6 Å². The van der Waals surface area contributed by atoms with Gasteiger partial charge in [-0.1, -0.05) is 23.2 Å². The van der Waals surface area contributed by atoms with E-state index in [0.717, 1.165) is 31.9 Å². The Hall–Kier alpha value is -2.44. The van der Waals surface area contributed by atoms with Crippen molar-refractivity contribution in [2.45, 2.75) is 0 Å². The van der Waals surface area contributed by atoms with E-state index < -0.39 is 0 Å². The minimum Gasteiger partial charge on any atom is -0.399 e. The molecule has 0 amide bonds. The van der Waals surface area contributed by atoms with E-state index in [-0.39, 0.29) is 0 Å². The third-order valence-corrected chi connectivity index (χ3v) is 4.32. The standard InChI is InChI=1S/C11H12ClN3.C7H5ClN2/c12-11-2-1-10(7-9(11)8-13)15-5-3-14-4-6-15;8-7-2-1-6(10)3-5(7)4-9/h1-2,7,14H,3-6H2;1-3H,10H2. The first-order valence-corrected chi connectivity index (χ1v) is 8.41. The highest BCUT2D eigenvalue weighted by atomic mass is 35.5. The minimum atomic E-state index is 0.418. The summed E-state index contributed by atoms with van der Waals surface area (Å²) in [7, 11) is 0. The minimum absolute atomic E-state index is 0.418. The predicted molar refractivity (Wildman–Crippen MR) is 102 cm³/mol. The van der Waals surface area contributed by atoms with Gasteiger partial charge in [-0.15, -0.1) is 0 Å². The molecule has 7 heteroatoms. The number of benzene rings is 2. The first-order chi connectivity index (χ1) is 12.0. The number of hydrogen-bond donors (Lipinski definition) is 2. The lowest BCUT2D eigenvalue weighted by atomic mass is 10.2. The fourth-order valence-electron chi connectivity index (χ4n) is 2.35. The first kappa shape index (κ1) is 18.9. The summed E-state index contributed by atoms with van der Waals surface area (Å²) in [5.41, 5.74) is 8.00. The van der Waals surface area contributed by atoms with Crippen molar-refractivity contribution in [1.82, 2.24) is 5.32 Å². The molecule has 0 aliphatic carbocycles. The van der Waals surface area contributed by atoms with Crippen molar-refractivity contribution in [1.29, 1.82) is 10.5 Å². The summed E-state index contributed by atoms with van der Waals surface area (Å²) in [6.45, 7) is 3.94. The van der Waals surface area contributed by atoms with Gasteiger partial charge in [-0.05, 0) is 36.4 Å². The molecule has 0 atom stereocenters. The largest absolute Gasteiger partial charge is 0.399 e. The molecule has 128 valence electrons. The summed E-state index contributed by atoms with van der Waals surface area (Å²) < 4.78 is 0. The molecule has 1 heterocycles. The van der Waals surface area contributed by atoms with Crippen LogP contribution in [0.2, 0.25) is 10.0 Å². The monoisotopic (exact) mass is 373 g/mol. The van der Waals surface area contributed by atoms with Gasteiger partial charge in [0.15, 0.2) is 0 Å². The maximum atomic E-state index is 8.88. The van der Waals surface area contributed by atoms with Crippen molar-refractivity contribution in [3.8, 4) is 12.1 Å². The third-order valence-electron chi connectivity index (χ3n) is 3.66. The predicted octanol–water partition coefficient (Wildman–Crippen LogP) is 3.42. The van der Waals surface area contributed by atoms with Gasteiger partial charge < -0.3 is 16.0 Å². The summed E-state index contributed by atoms with van der Waals surface area (Å²) in [6, 6.07) is 14.4. The molecule has 0 radical (unpaired) electrons. The second-order valence-corrected chi connectivity index (χ2v) is 6.18. The smallest absolute Gasteiger partial charge is 0.101 e. The molecule has 2 aromatic rings. The van der Waals surface area contributed by atoms with Crippen molar-refractivity contribution in [3.63, 3.8) is 0 Å². The quantitative estimate of drug-likeness (QED) is 0.747. The molecule has 0 spiro atoms. The van der Waals surface area contributed by atoms with Crippen LogP contribution in [0.25, 0.3) is 0 Å².